The molecule has 0 bridgehead atoms. The second-order valence-corrected chi connectivity index (χ2v) is 4.98. The molecule has 0 radical (unpaired) electrons. The third kappa shape index (κ3) is 3.27. The smallest absolute Gasteiger partial charge is 0.174 e. The summed E-state index contributed by atoms with van der Waals surface area (Å²) in [6.07, 6.45) is 6.38. The molecule has 2 heterocycles. The average molecular weight is 329 g/mol. The molecular weight excluding hydrogens is 316 g/mol. The lowest BCUT2D eigenvalue weighted by Crippen LogP contribution is -2.00. The van der Waals surface area contributed by atoms with E-state index in [1.807, 2.05) is 0 Å². The Balaban J connectivity index is 1.99. The fourth-order valence-corrected chi connectivity index (χ4v) is 2.11. The van der Waals surface area contributed by atoms with E-state index in [1.165, 1.54) is 0 Å². The molecule has 2 aromatic heterocycles. The molecule has 116 valence electrons. The van der Waals surface area contributed by atoms with Crippen molar-refractivity contribution < 1.29 is 9.47 Å². The highest BCUT2D eigenvalue weighted by Gasteiger charge is 2.17. The summed E-state index contributed by atoms with van der Waals surface area (Å²) in [5.41, 5.74) is 12.4. The van der Waals surface area contributed by atoms with Crippen molar-refractivity contribution in [2.75, 3.05) is 11.5 Å². The minimum atomic E-state index is 0.212. The third-order valence-electron chi connectivity index (χ3n) is 2.97. The van der Waals surface area contributed by atoms with Crippen LogP contribution in [-0.4, -0.2) is 9.97 Å². The first kappa shape index (κ1) is 14.9. The van der Waals surface area contributed by atoms with Gasteiger partial charge in [-0.3, -0.25) is 9.97 Å². The van der Waals surface area contributed by atoms with Gasteiger partial charge in [-0.2, -0.15) is 0 Å². The number of nitrogens with zero attached hydrogens (tertiary/aromatic N) is 2. The summed E-state index contributed by atoms with van der Waals surface area (Å²) in [5.74, 6) is 1.55. The zero-order chi connectivity index (χ0) is 16.2. The van der Waals surface area contributed by atoms with Gasteiger partial charge in [0, 0.05) is 18.5 Å². The Labute approximate surface area is 137 Å². The first-order valence-electron chi connectivity index (χ1n) is 6.68. The lowest BCUT2D eigenvalue weighted by Gasteiger charge is -2.15. The molecule has 1 aromatic carbocycles. The number of halogens is 1. The second-order valence-electron chi connectivity index (χ2n) is 4.60. The van der Waals surface area contributed by atoms with Gasteiger partial charge in [0.25, 0.3) is 0 Å². The lowest BCUT2D eigenvalue weighted by atomic mass is 10.2. The molecule has 0 unspecified atom stereocenters. The number of hydrogen-bond acceptors (Lipinski definition) is 6. The van der Waals surface area contributed by atoms with Crippen molar-refractivity contribution in [3.8, 4) is 23.0 Å². The summed E-state index contributed by atoms with van der Waals surface area (Å²) in [6, 6.07) is 8.50. The van der Waals surface area contributed by atoms with Crippen LogP contribution in [0.2, 0.25) is 5.02 Å². The number of ether oxygens (including phenoxy) is 2. The fraction of sp³-hybridized carbons (Fsp3) is 0. The predicted molar refractivity (Wildman–Crippen MR) is 88.9 cm³/mol. The highest BCUT2D eigenvalue weighted by Crippen LogP contribution is 2.45. The number of rotatable bonds is 4. The summed E-state index contributed by atoms with van der Waals surface area (Å²) in [4.78, 5) is 7.95. The number of aromatic nitrogens is 2. The van der Waals surface area contributed by atoms with Gasteiger partial charge in [-0.25, -0.2) is 0 Å². The van der Waals surface area contributed by atoms with E-state index in [-0.39, 0.29) is 16.5 Å². The average Bonchev–Trinajstić information content (AvgIpc) is 2.58. The van der Waals surface area contributed by atoms with Crippen LogP contribution in [0, 0.1) is 0 Å². The second kappa shape index (κ2) is 6.41. The SMILES string of the molecule is Nc1cc(Oc2cccnc2)c(Cl)c(Oc2cccnc2)c1N. The largest absolute Gasteiger partial charge is 0.454 e. The first-order valence-corrected chi connectivity index (χ1v) is 7.06. The monoisotopic (exact) mass is 328 g/mol. The van der Waals surface area contributed by atoms with Gasteiger partial charge in [-0.1, -0.05) is 11.6 Å². The normalized spacial score (nSPS) is 10.3. The number of nitrogen functional groups attached to an aromatic ring is 2. The topological polar surface area (TPSA) is 96.3 Å². The van der Waals surface area contributed by atoms with Crippen LogP contribution in [-0.2, 0) is 0 Å². The Morgan fingerprint density at radius 1 is 0.913 bits per heavy atom. The van der Waals surface area contributed by atoms with Crippen molar-refractivity contribution >= 4 is 23.0 Å². The van der Waals surface area contributed by atoms with Crippen molar-refractivity contribution in [3.05, 3.63) is 60.1 Å². The van der Waals surface area contributed by atoms with E-state index in [0.29, 0.717) is 22.9 Å². The molecule has 3 aromatic rings. The highest BCUT2D eigenvalue weighted by molar-refractivity contribution is 6.34. The maximum atomic E-state index is 6.36. The van der Waals surface area contributed by atoms with E-state index in [9.17, 15) is 0 Å². The zero-order valence-corrected chi connectivity index (χ0v) is 12.7. The van der Waals surface area contributed by atoms with Crippen molar-refractivity contribution in [2.45, 2.75) is 0 Å². The molecule has 4 N–H and O–H groups in total. The van der Waals surface area contributed by atoms with E-state index in [4.69, 9.17) is 32.5 Å². The van der Waals surface area contributed by atoms with Crippen LogP contribution in [0.5, 0.6) is 23.0 Å². The van der Waals surface area contributed by atoms with Crippen molar-refractivity contribution in [1.29, 1.82) is 0 Å². The van der Waals surface area contributed by atoms with Gasteiger partial charge in [0.2, 0.25) is 0 Å². The maximum Gasteiger partial charge on any atom is 0.174 e. The van der Waals surface area contributed by atoms with E-state index >= 15 is 0 Å². The molecule has 7 heteroatoms. The molecule has 6 nitrogen and oxygen atoms in total. The predicted octanol–water partition coefficient (Wildman–Crippen LogP) is 3.88. The molecule has 0 aliphatic heterocycles. The van der Waals surface area contributed by atoms with Crippen molar-refractivity contribution in [2.24, 2.45) is 0 Å². The standard InChI is InChI=1S/C16H13ClN4O2/c17-14-13(22-10-3-1-5-20-8-10)7-12(18)15(19)16(14)23-11-4-2-6-21-9-11/h1-9H,18-19H2. The number of benzene rings is 1. The number of nitrogens with two attached hydrogens (primary N) is 2. The molecule has 0 fully saturated rings. The Morgan fingerprint density at radius 3 is 2.09 bits per heavy atom. The highest BCUT2D eigenvalue weighted by atomic mass is 35.5. The van der Waals surface area contributed by atoms with E-state index < -0.39 is 0 Å². The van der Waals surface area contributed by atoms with Gasteiger partial charge >= 0.3 is 0 Å². The minimum absolute atomic E-state index is 0.212. The van der Waals surface area contributed by atoms with Gasteiger partial charge < -0.3 is 20.9 Å². The van der Waals surface area contributed by atoms with Crippen LogP contribution >= 0.6 is 11.6 Å². The summed E-state index contributed by atoms with van der Waals surface area (Å²) < 4.78 is 11.4. The summed E-state index contributed by atoms with van der Waals surface area (Å²) in [7, 11) is 0. The lowest BCUT2D eigenvalue weighted by molar-refractivity contribution is 0.460. The molecule has 0 atom stereocenters. The van der Waals surface area contributed by atoms with Gasteiger partial charge in [0.15, 0.2) is 11.5 Å². The van der Waals surface area contributed by atoms with Gasteiger partial charge in [-0.05, 0) is 24.3 Å². The molecular formula is C16H13ClN4O2. The van der Waals surface area contributed by atoms with Gasteiger partial charge in [-0.15, -0.1) is 0 Å². The Bertz CT molecular complexity index is 813. The number of pyridine rings is 2. The molecule has 23 heavy (non-hydrogen) atoms. The summed E-state index contributed by atoms with van der Waals surface area (Å²) >= 11 is 6.36. The molecule has 3 rings (SSSR count). The molecule has 0 aliphatic carbocycles. The molecule has 0 saturated carbocycles. The van der Waals surface area contributed by atoms with Crippen LogP contribution in [0.3, 0.4) is 0 Å². The molecule has 0 aliphatic rings. The minimum Gasteiger partial charge on any atom is -0.454 e. The van der Waals surface area contributed by atoms with Crippen LogP contribution in [0.1, 0.15) is 0 Å². The quantitative estimate of drug-likeness (QED) is 0.705. The van der Waals surface area contributed by atoms with E-state index in [1.54, 1.807) is 55.1 Å². The number of anilines is 2. The summed E-state index contributed by atoms with van der Waals surface area (Å²) in [6.45, 7) is 0. The van der Waals surface area contributed by atoms with E-state index in [2.05, 4.69) is 9.97 Å². The van der Waals surface area contributed by atoms with Crippen LogP contribution < -0.4 is 20.9 Å². The van der Waals surface area contributed by atoms with Crippen LogP contribution in [0.25, 0.3) is 0 Å². The fourth-order valence-electron chi connectivity index (χ4n) is 1.88. The van der Waals surface area contributed by atoms with Gasteiger partial charge in [0.05, 0.1) is 18.1 Å². The molecule has 0 amide bonds. The summed E-state index contributed by atoms with van der Waals surface area (Å²) in [5, 5.41) is 0.212. The zero-order valence-electron chi connectivity index (χ0n) is 11.9. The number of hydrogen-bond donors (Lipinski definition) is 2. The van der Waals surface area contributed by atoms with Crippen LogP contribution in [0.15, 0.2) is 55.1 Å². The Hall–Kier alpha value is -2.99. The molecule has 0 spiro atoms. The van der Waals surface area contributed by atoms with Crippen LogP contribution in [0.4, 0.5) is 11.4 Å². The Morgan fingerprint density at radius 2 is 1.52 bits per heavy atom. The first-order chi connectivity index (χ1) is 11.1. The Kier molecular flexibility index (Phi) is 4.16. The maximum absolute atomic E-state index is 6.36. The molecule has 0 saturated heterocycles. The van der Waals surface area contributed by atoms with Crippen molar-refractivity contribution in [3.63, 3.8) is 0 Å². The van der Waals surface area contributed by atoms with E-state index in [0.717, 1.165) is 0 Å². The van der Waals surface area contributed by atoms with Gasteiger partial charge in [0.1, 0.15) is 22.2 Å². The van der Waals surface area contributed by atoms with Crippen molar-refractivity contribution in [1.82, 2.24) is 9.97 Å². The third-order valence-corrected chi connectivity index (χ3v) is 3.33.